The van der Waals surface area contributed by atoms with E-state index >= 15 is 0 Å². The van der Waals surface area contributed by atoms with Crippen molar-refractivity contribution in [3.05, 3.63) is 0 Å². The minimum atomic E-state index is 0.258. The predicted molar refractivity (Wildman–Crippen MR) is 65.1 cm³/mol. The Hall–Kier alpha value is -0.0800. The first-order valence-corrected chi connectivity index (χ1v) is 6.31. The number of hydrogen-bond acceptors (Lipinski definition) is 2. The van der Waals surface area contributed by atoms with Gasteiger partial charge in [-0.15, -0.1) is 0 Å². The SMILES string of the molecule is CC(C)NCC(C)(C)COCCC1CC1. The predicted octanol–water partition coefficient (Wildman–Crippen LogP) is 2.83. The number of nitrogens with one attached hydrogen (secondary N) is 1. The molecule has 2 heteroatoms. The fourth-order valence-electron chi connectivity index (χ4n) is 1.54. The Kier molecular flexibility index (Phi) is 5.07. The Bertz CT molecular complexity index is 173. The lowest BCUT2D eigenvalue weighted by Crippen LogP contribution is -2.36. The summed E-state index contributed by atoms with van der Waals surface area (Å²) in [7, 11) is 0. The highest BCUT2D eigenvalue weighted by atomic mass is 16.5. The number of hydrogen-bond donors (Lipinski definition) is 1. The molecule has 1 aliphatic rings. The first-order valence-electron chi connectivity index (χ1n) is 6.31. The van der Waals surface area contributed by atoms with E-state index in [0.29, 0.717) is 6.04 Å². The molecule has 0 aliphatic heterocycles. The molecule has 15 heavy (non-hydrogen) atoms. The van der Waals surface area contributed by atoms with Crippen LogP contribution in [-0.4, -0.2) is 25.8 Å². The molecule has 0 atom stereocenters. The molecule has 0 aromatic heterocycles. The Balaban J connectivity index is 2.00. The third-order valence-electron chi connectivity index (χ3n) is 2.85. The largest absolute Gasteiger partial charge is 0.381 e. The van der Waals surface area contributed by atoms with Gasteiger partial charge in [-0.1, -0.05) is 40.5 Å². The van der Waals surface area contributed by atoms with Gasteiger partial charge in [-0.2, -0.15) is 0 Å². The highest BCUT2D eigenvalue weighted by molar-refractivity contribution is 4.74. The second-order valence-corrected chi connectivity index (χ2v) is 5.98. The standard InChI is InChI=1S/C13H27NO/c1-11(2)14-9-13(3,4)10-15-8-7-12-5-6-12/h11-12,14H,5-10H2,1-4H3. The quantitative estimate of drug-likeness (QED) is 0.626. The molecule has 0 amide bonds. The smallest absolute Gasteiger partial charge is 0.0529 e. The van der Waals surface area contributed by atoms with E-state index in [1.54, 1.807) is 0 Å². The van der Waals surface area contributed by atoms with Crippen molar-refractivity contribution in [1.29, 1.82) is 0 Å². The minimum absolute atomic E-state index is 0.258. The fraction of sp³-hybridized carbons (Fsp3) is 1.00. The topological polar surface area (TPSA) is 21.3 Å². The van der Waals surface area contributed by atoms with Crippen LogP contribution in [-0.2, 0) is 4.74 Å². The van der Waals surface area contributed by atoms with Crippen LogP contribution in [0.15, 0.2) is 0 Å². The highest BCUT2D eigenvalue weighted by Crippen LogP contribution is 2.32. The average molecular weight is 213 g/mol. The van der Waals surface area contributed by atoms with Crippen molar-refractivity contribution >= 4 is 0 Å². The van der Waals surface area contributed by atoms with Crippen molar-refractivity contribution in [2.24, 2.45) is 11.3 Å². The second-order valence-electron chi connectivity index (χ2n) is 5.98. The third-order valence-corrected chi connectivity index (χ3v) is 2.85. The summed E-state index contributed by atoms with van der Waals surface area (Å²) >= 11 is 0. The maximum atomic E-state index is 5.74. The zero-order valence-electron chi connectivity index (χ0n) is 10.8. The van der Waals surface area contributed by atoms with Gasteiger partial charge in [-0.05, 0) is 12.3 Å². The molecule has 1 N–H and O–H groups in total. The highest BCUT2D eigenvalue weighted by Gasteiger charge is 2.22. The molecule has 0 unspecified atom stereocenters. The zero-order chi connectivity index (χ0) is 11.3. The minimum Gasteiger partial charge on any atom is -0.381 e. The molecule has 0 spiro atoms. The summed E-state index contributed by atoms with van der Waals surface area (Å²) in [5, 5.41) is 3.47. The van der Waals surface area contributed by atoms with Crippen LogP contribution in [0.2, 0.25) is 0 Å². The van der Waals surface area contributed by atoms with Gasteiger partial charge in [0.25, 0.3) is 0 Å². The molecule has 1 rings (SSSR count). The molecule has 0 heterocycles. The fourth-order valence-corrected chi connectivity index (χ4v) is 1.54. The van der Waals surface area contributed by atoms with Crippen molar-refractivity contribution < 1.29 is 4.74 Å². The molecule has 2 nitrogen and oxygen atoms in total. The summed E-state index contributed by atoms with van der Waals surface area (Å²) in [4.78, 5) is 0. The van der Waals surface area contributed by atoms with Gasteiger partial charge >= 0.3 is 0 Å². The molecular formula is C13H27NO. The monoisotopic (exact) mass is 213 g/mol. The van der Waals surface area contributed by atoms with Gasteiger partial charge in [0.15, 0.2) is 0 Å². The number of ether oxygens (including phenoxy) is 1. The zero-order valence-corrected chi connectivity index (χ0v) is 10.8. The van der Waals surface area contributed by atoms with Crippen LogP contribution in [0.3, 0.4) is 0 Å². The van der Waals surface area contributed by atoms with E-state index < -0.39 is 0 Å². The summed E-state index contributed by atoms with van der Waals surface area (Å²) in [6.45, 7) is 11.8. The Morgan fingerprint density at radius 1 is 1.33 bits per heavy atom. The van der Waals surface area contributed by atoms with Crippen molar-refractivity contribution in [3.8, 4) is 0 Å². The van der Waals surface area contributed by atoms with Gasteiger partial charge in [-0.25, -0.2) is 0 Å². The maximum absolute atomic E-state index is 5.74. The van der Waals surface area contributed by atoms with Crippen LogP contribution in [0.25, 0.3) is 0 Å². The molecule has 0 bridgehead atoms. The van der Waals surface area contributed by atoms with Crippen molar-refractivity contribution in [2.75, 3.05) is 19.8 Å². The van der Waals surface area contributed by atoms with Crippen molar-refractivity contribution in [3.63, 3.8) is 0 Å². The lowest BCUT2D eigenvalue weighted by atomic mass is 9.94. The van der Waals surface area contributed by atoms with Crippen LogP contribution in [0.5, 0.6) is 0 Å². The first kappa shape index (κ1) is 13.0. The van der Waals surface area contributed by atoms with Crippen LogP contribution >= 0.6 is 0 Å². The van der Waals surface area contributed by atoms with Gasteiger partial charge in [-0.3, -0.25) is 0 Å². The van der Waals surface area contributed by atoms with Crippen molar-refractivity contribution in [1.82, 2.24) is 5.32 Å². The van der Waals surface area contributed by atoms with E-state index in [1.165, 1.54) is 19.3 Å². The van der Waals surface area contributed by atoms with Gasteiger partial charge in [0.2, 0.25) is 0 Å². The van der Waals surface area contributed by atoms with Gasteiger partial charge < -0.3 is 10.1 Å². The van der Waals surface area contributed by atoms with Crippen LogP contribution in [0.4, 0.5) is 0 Å². The van der Waals surface area contributed by atoms with E-state index in [0.717, 1.165) is 25.7 Å². The molecule has 90 valence electrons. The average Bonchev–Trinajstić information content (AvgIpc) is 2.93. The van der Waals surface area contributed by atoms with Crippen LogP contribution in [0, 0.1) is 11.3 Å². The Morgan fingerprint density at radius 2 is 2.00 bits per heavy atom. The molecule has 1 aliphatic carbocycles. The summed E-state index contributed by atoms with van der Waals surface area (Å²) in [6, 6.07) is 0.565. The second kappa shape index (κ2) is 5.86. The Labute approximate surface area is 94.8 Å². The maximum Gasteiger partial charge on any atom is 0.0529 e. The van der Waals surface area contributed by atoms with E-state index in [4.69, 9.17) is 4.74 Å². The summed E-state index contributed by atoms with van der Waals surface area (Å²) in [5.74, 6) is 0.988. The van der Waals surface area contributed by atoms with E-state index in [9.17, 15) is 0 Å². The van der Waals surface area contributed by atoms with E-state index in [2.05, 4.69) is 33.0 Å². The molecule has 1 saturated carbocycles. The van der Waals surface area contributed by atoms with Crippen molar-refractivity contribution in [2.45, 2.75) is 53.0 Å². The molecule has 0 aromatic carbocycles. The molecular weight excluding hydrogens is 186 g/mol. The molecule has 1 fully saturated rings. The molecule has 0 radical (unpaired) electrons. The van der Waals surface area contributed by atoms with Gasteiger partial charge in [0.1, 0.15) is 0 Å². The lowest BCUT2D eigenvalue weighted by Gasteiger charge is -2.26. The molecule has 0 aromatic rings. The summed E-state index contributed by atoms with van der Waals surface area (Å²) in [6.07, 6.45) is 4.14. The van der Waals surface area contributed by atoms with Crippen LogP contribution in [0.1, 0.15) is 47.0 Å². The summed E-state index contributed by atoms with van der Waals surface area (Å²) in [5.41, 5.74) is 0.258. The number of rotatable bonds is 8. The normalized spacial score (nSPS) is 17.4. The van der Waals surface area contributed by atoms with E-state index in [-0.39, 0.29) is 5.41 Å². The third kappa shape index (κ3) is 6.91. The van der Waals surface area contributed by atoms with Gasteiger partial charge in [0, 0.05) is 24.6 Å². The summed E-state index contributed by atoms with van der Waals surface area (Å²) < 4.78 is 5.74. The van der Waals surface area contributed by atoms with E-state index in [1.807, 2.05) is 0 Å². The van der Waals surface area contributed by atoms with Crippen LogP contribution < -0.4 is 5.32 Å². The Morgan fingerprint density at radius 3 is 2.53 bits per heavy atom. The lowest BCUT2D eigenvalue weighted by molar-refractivity contribution is 0.0577. The first-order chi connectivity index (χ1) is 6.99. The molecule has 0 saturated heterocycles. The van der Waals surface area contributed by atoms with Gasteiger partial charge in [0.05, 0.1) is 6.61 Å².